The molecule has 0 bridgehead atoms. The van der Waals surface area contributed by atoms with Crippen LogP contribution in [-0.2, 0) is 24.3 Å². The zero-order chi connectivity index (χ0) is 23.0. The first kappa shape index (κ1) is 25.5. The van der Waals surface area contributed by atoms with Crippen molar-refractivity contribution >= 4 is 40.4 Å². The predicted octanol–water partition coefficient (Wildman–Crippen LogP) is 4.94. The number of hydrogen-bond acceptors (Lipinski definition) is 4. The number of amides is 1. The normalized spacial score (nSPS) is 12.2. The van der Waals surface area contributed by atoms with Crippen molar-refractivity contribution in [3.05, 3.63) is 51.5 Å². The fraction of sp³-hybridized carbons (Fsp3) is 0.522. The number of thiol groups is 1. The smallest absolute Gasteiger partial charge is 0.336 e. The molecular formula is C23H32BrN3O3S. The Kier molecular flexibility index (Phi) is 10.1. The van der Waals surface area contributed by atoms with Crippen molar-refractivity contribution in [3.8, 4) is 0 Å². The molecule has 31 heavy (non-hydrogen) atoms. The van der Waals surface area contributed by atoms with Gasteiger partial charge in [-0.05, 0) is 52.4 Å². The maximum atomic E-state index is 12.6. The van der Waals surface area contributed by atoms with E-state index in [1.54, 1.807) is 6.07 Å². The molecule has 0 radical (unpaired) electrons. The molecule has 0 aliphatic rings. The Hall–Kier alpha value is -1.80. The van der Waals surface area contributed by atoms with Gasteiger partial charge in [-0.1, -0.05) is 33.3 Å². The summed E-state index contributed by atoms with van der Waals surface area (Å²) < 4.78 is 2.67. The number of nitrogens with zero attached hydrogens (tertiary/aromatic N) is 2. The highest BCUT2D eigenvalue weighted by atomic mass is 79.9. The number of imidazole rings is 1. The molecule has 2 rings (SSSR count). The quantitative estimate of drug-likeness (QED) is 0.353. The summed E-state index contributed by atoms with van der Waals surface area (Å²) in [6.07, 6.45) is 5.58. The number of halogens is 1. The molecule has 1 aromatic carbocycles. The summed E-state index contributed by atoms with van der Waals surface area (Å²) in [6.45, 7) is 7.31. The highest BCUT2D eigenvalue weighted by Gasteiger charge is 2.19. The van der Waals surface area contributed by atoms with Crippen molar-refractivity contribution in [3.63, 3.8) is 0 Å². The number of carbonyl (C=O) groups is 2. The zero-order valence-electron chi connectivity index (χ0n) is 18.4. The Morgan fingerprint density at radius 1 is 1.32 bits per heavy atom. The van der Waals surface area contributed by atoms with E-state index in [1.165, 1.54) is 0 Å². The SMILES string of the molecule is CCCCc1ncc(CNC(=O)[C@H](CS)CC(C)C)n1Cc1ccc(C(=O)O)c(Br)c1. The van der Waals surface area contributed by atoms with Gasteiger partial charge in [-0.3, -0.25) is 4.79 Å². The van der Waals surface area contributed by atoms with Gasteiger partial charge in [0.1, 0.15) is 5.82 Å². The number of rotatable bonds is 12. The van der Waals surface area contributed by atoms with Crippen LogP contribution >= 0.6 is 28.6 Å². The molecule has 2 aromatic rings. The van der Waals surface area contributed by atoms with Gasteiger partial charge in [-0.2, -0.15) is 12.6 Å². The Morgan fingerprint density at radius 2 is 2.06 bits per heavy atom. The van der Waals surface area contributed by atoms with Gasteiger partial charge < -0.3 is 15.0 Å². The number of aromatic nitrogens is 2. The molecule has 170 valence electrons. The predicted molar refractivity (Wildman–Crippen MR) is 130 cm³/mol. The summed E-state index contributed by atoms with van der Waals surface area (Å²) in [5.74, 6) is 0.862. The lowest BCUT2D eigenvalue weighted by atomic mass is 9.98. The summed E-state index contributed by atoms with van der Waals surface area (Å²) in [5, 5.41) is 12.3. The van der Waals surface area contributed by atoms with E-state index in [-0.39, 0.29) is 17.4 Å². The highest BCUT2D eigenvalue weighted by molar-refractivity contribution is 9.10. The third kappa shape index (κ3) is 7.38. The largest absolute Gasteiger partial charge is 0.478 e. The average molecular weight is 510 g/mol. The van der Waals surface area contributed by atoms with E-state index in [9.17, 15) is 14.7 Å². The Labute approximate surface area is 198 Å². The summed E-state index contributed by atoms with van der Waals surface area (Å²) in [6, 6.07) is 5.25. The first-order valence-corrected chi connectivity index (χ1v) is 12.1. The van der Waals surface area contributed by atoms with Crippen molar-refractivity contribution < 1.29 is 14.7 Å². The molecule has 0 aliphatic heterocycles. The minimum absolute atomic E-state index is 0.0140. The maximum Gasteiger partial charge on any atom is 0.336 e. The van der Waals surface area contributed by atoms with Gasteiger partial charge in [0.05, 0.1) is 24.0 Å². The second kappa shape index (κ2) is 12.3. The second-order valence-corrected chi connectivity index (χ2v) is 9.42. The molecule has 2 N–H and O–H groups in total. The molecule has 0 saturated carbocycles. The lowest BCUT2D eigenvalue weighted by Crippen LogP contribution is -2.32. The highest BCUT2D eigenvalue weighted by Crippen LogP contribution is 2.21. The first-order valence-electron chi connectivity index (χ1n) is 10.7. The van der Waals surface area contributed by atoms with Crippen LogP contribution in [0.3, 0.4) is 0 Å². The first-order chi connectivity index (χ1) is 14.8. The van der Waals surface area contributed by atoms with E-state index in [1.807, 2.05) is 18.3 Å². The van der Waals surface area contributed by atoms with Gasteiger partial charge >= 0.3 is 5.97 Å². The van der Waals surface area contributed by atoms with Crippen LogP contribution in [0.1, 0.15) is 67.5 Å². The number of carbonyl (C=O) groups excluding carboxylic acids is 1. The number of benzene rings is 1. The molecule has 1 atom stereocenters. The molecule has 1 heterocycles. The van der Waals surface area contributed by atoms with E-state index in [2.05, 4.69) is 64.2 Å². The number of carboxylic acid groups (broad SMARTS) is 1. The van der Waals surface area contributed by atoms with Crippen molar-refractivity contribution in [2.45, 2.75) is 59.5 Å². The van der Waals surface area contributed by atoms with Crippen molar-refractivity contribution in [1.29, 1.82) is 0 Å². The third-order valence-corrected chi connectivity index (χ3v) is 6.27. The zero-order valence-corrected chi connectivity index (χ0v) is 20.9. The fourth-order valence-corrected chi connectivity index (χ4v) is 4.40. The third-order valence-electron chi connectivity index (χ3n) is 5.17. The van der Waals surface area contributed by atoms with E-state index < -0.39 is 5.97 Å². The summed E-state index contributed by atoms with van der Waals surface area (Å²) in [7, 11) is 0. The van der Waals surface area contributed by atoms with Crippen molar-refractivity contribution in [2.24, 2.45) is 11.8 Å². The lowest BCUT2D eigenvalue weighted by molar-refractivity contribution is -0.124. The van der Waals surface area contributed by atoms with E-state index in [0.717, 1.165) is 42.8 Å². The maximum absolute atomic E-state index is 12.6. The number of unbranched alkanes of at least 4 members (excludes halogenated alkanes) is 1. The summed E-state index contributed by atoms with van der Waals surface area (Å²) >= 11 is 7.70. The fourth-order valence-electron chi connectivity index (χ4n) is 3.49. The van der Waals surface area contributed by atoms with E-state index >= 15 is 0 Å². The monoisotopic (exact) mass is 509 g/mol. The molecule has 1 amide bonds. The number of carboxylic acids is 1. The van der Waals surface area contributed by atoms with Crippen LogP contribution < -0.4 is 5.32 Å². The van der Waals surface area contributed by atoms with Crippen LogP contribution in [-0.4, -0.2) is 32.3 Å². The molecule has 8 heteroatoms. The Bertz CT molecular complexity index is 898. The molecule has 0 aliphatic carbocycles. The topological polar surface area (TPSA) is 84.2 Å². The molecule has 0 unspecified atom stereocenters. The lowest BCUT2D eigenvalue weighted by Gasteiger charge is -2.18. The van der Waals surface area contributed by atoms with Gasteiger partial charge in [-0.25, -0.2) is 9.78 Å². The molecule has 0 spiro atoms. The minimum Gasteiger partial charge on any atom is -0.478 e. The number of aromatic carboxylic acids is 1. The number of nitrogens with one attached hydrogen (secondary N) is 1. The van der Waals surface area contributed by atoms with E-state index in [4.69, 9.17) is 0 Å². The molecule has 6 nitrogen and oxygen atoms in total. The summed E-state index contributed by atoms with van der Waals surface area (Å²) in [5.41, 5.74) is 2.13. The van der Waals surface area contributed by atoms with Crippen LogP contribution in [0, 0.1) is 11.8 Å². The van der Waals surface area contributed by atoms with Crippen molar-refractivity contribution in [2.75, 3.05) is 5.75 Å². The van der Waals surface area contributed by atoms with Crippen LogP contribution in [0.25, 0.3) is 0 Å². The van der Waals surface area contributed by atoms with Crippen LogP contribution in [0.2, 0.25) is 0 Å². The minimum atomic E-state index is -0.965. The van der Waals surface area contributed by atoms with Gasteiger partial charge in [0.15, 0.2) is 0 Å². The molecular weight excluding hydrogens is 478 g/mol. The van der Waals surface area contributed by atoms with Crippen LogP contribution in [0.15, 0.2) is 28.9 Å². The van der Waals surface area contributed by atoms with Gasteiger partial charge in [0.25, 0.3) is 0 Å². The van der Waals surface area contributed by atoms with Gasteiger partial charge in [0.2, 0.25) is 5.91 Å². The second-order valence-electron chi connectivity index (χ2n) is 8.20. The van der Waals surface area contributed by atoms with Crippen LogP contribution in [0.5, 0.6) is 0 Å². The Balaban J connectivity index is 2.21. The summed E-state index contributed by atoms with van der Waals surface area (Å²) in [4.78, 5) is 28.5. The van der Waals surface area contributed by atoms with Gasteiger partial charge in [-0.15, -0.1) is 0 Å². The number of hydrogen-bond donors (Lipinski definition) is 3. The van der Waals surface area contributed by atoms with Crippen LogP contribution in [0.4, 0.5) is 0 Å². The van der Waals surface area contributed by atoms with Gasteiger partial charge in [0, 0.05) is 29.1 Å². The average Bonchev–Trinajstić information content (AvgIpc) is 3.09. The van der Waals surface area contributed by atoms with E-state index in [0.29, 0.717) is 29.2 Å². The molecule has 0 fully saturated rings. The van der Waals surface area contributed by atoms with Crippen molar-refractivity contribution in [1.82, 2.24) is 14.9 Å². The Morgan fingerprint density at radius 3 is 2.65 bits per heavy atom. The molecule has 1 aromatic heterocycles. The number of aryl methyl sites for hydroxylation is 1. The molecule has 0 saturated heterocycles. The standard InChI is InChI=1S/C23H32BrN3O3S/c1-4-5-6-21-25-11-18(12-26-22(28)17(14-31)9-15(2)3)27(21)13-16-7-8-19(23(29)30)20(24)10-16/h7-8,10-11,15,17,31H,4-6,9,12-14H2,1-3H3,(H,26,28)(H,29,30)/t17-/m0/s1.